The molecule has 3 N–H and O–H groups in total. The molecule has 3 heteroatoms. The minimum absolute atomic E-state index is 0.152. The third-order valence-electron chi connectivity index (χ3n) is 4.25. The van der Waals surface area contributed by atoms with Crippen LogP contribution in [0.3, 0.4) is 0 Å². The summed E-state index contributed by atoms with van der Waals surface area (Å²) in [5, 5.41) is 8.83. The molecule has 0 saturated heterocycles. The summed E-state index contributed by atoms with van der Waals surface area (Å²) >= 11 is 0. The van der Waals surface area contributed by atoms with Crippen molar-refractivity contribution in [3.8, 4) is 0 Å². The third kappa shape index (κ3) is 3.78. The number of ether oxygens (including phenoxy) is 1. The summed E-state index contributed by atoms with van der Waals surface area (Å²) in [6.07, 6.45) is 5.02. The van der Waals surface area contributed by atoms with Crippen LogP contribution in [0.4, 0.5) is 0 Å². The van der Waals surface area contributed by atoms with E-state index >= 15 is 0 Å². The molecule has 0 aromatic heterocycles. The molecule has 1 aliphatic rings. The van der Waals surface area contributed by atoms with Gasteiger partial charge in [-0.1, -0.05) is 30.3 Å². The smallest absolute Gasteiger partial charge is 0.0804 e. The summed E-state index contributed by atoms with van der Waals surface area (Å²) in [4.78, 5) is 0. The van der Waals surface area contributed by atoms with Gasteiger partial charge in [0.2, 0.25) is 0 Å². The Morgan fingerprint density at radius 1 is 1.21 bits per heavy atom. The maximum absolute atomic E-state index is 8.83. The van der Waals surface area contributed by atoms with Crippen LogP contribution in [0.15, 0.2) is 30.3 Å². The van der Waals surface area contributed by atoms with Crippen molar-refractivity contribution in [2.75, 3.05) is 19.8 Å². The molecular weight excluding hydrogens is 238 g/mol. The molecule has 0 heterocycles. The fourth-order valence-corrected chi connectivity index (χ4v) is 2.96. The number of aliphatic hydroxyl groups excluding tert-OH is 1. The Kier molecular flexibility index (Phi) is 5.37. The van der Waals surface area contributed by atoms with E-state index in [0.717, 1.165) is 25.7 Å². The maximum Gasteiger partial charge on any atom is 0.0804 e. The van der Waals surface area contributed by atoms with Gasteiger partial charge in [0.15, 0.2) is 0 Å². The molecule has 0 unspecified atom stereocenters. The molecule has 0 radical (unpaired) electrons. The van der Waals surface area contributed by atoms with Crippen LogP contribution < -0.4 is 5.73 Å². The Bertz CT molecular complexity index is 358. The molecule has 1 fully saturated rings. The molecule has 1 aliphatic carbocycles. The number of aliphatic hydroxyl groups is 1. The van der Waals surface area contributed by atoms with Crippen LogP contribution in [0.5, 0.6) is 0 Å². The first-order valence-electron chi connectivity index (χ1n) is 7.29. The van der Waals surface area contributed by atoms with Crippen LogP contribution in [0.1, 0.15) is 43.6 Å². The summed E-state index contributed by atoms with van der Waals surface area (Å²) < 4.78 is 5.96. The first-order valence-corrected chi connectivity index (χ1v) is 7.29. The molecule has 1 aromatic rings. The number of rotatable bonds is 6. The summed E-state index contributed by atoms with van der Waals surface area (Å²) in [5.41, 5.74) is 7.20. The van der Waals surface area contributed by atoms with E-state index in [0.29, 0.717) is 25.5 Å². The second-order valence-electron chi connectivity index (χ2n) is 5.50. The van der Waals surface area contributed by atoms with Crippen molar-refractivity contribution in [3.63, 3.8) is 0 Å². The van der Waals surface area contributed by atoms with E-state index in [2.05, 4.69) is 30.3 Å². The fraction of sp³-hybridized carbons (Fsp3) is 0.625. The average Bonchev–Trinajstić information content (AvgIpc) is 2.49. The van der Waals surface area contributed by atoms with E-state index < -0.39 is 0 Å². The monoisotopic (exact) mass is 263 g/mol. The molecule has 106 valence electrons. The van der Waals surface area contributed by atoms with Crippen LogP contribution in [-0.4, -0.2) is 30.5 Å². The number of hydrogen-bond acceptors (Lipinski definition) is 3. The van der Waals surface area contributed by atoms with Crippen molar-refractivity contribution in [2.24, 2.45) is 5.73 Å². The molecule has 1 saturated carbocycles. The van der Waals surface area contributed by atoms with Gasteiger partial charge in [0.05, 0.1) is 5.60 Å². The van der Waals surface area contributed by atoms with E-state index in [1.54, 1.807) is 0 Å². The Morgan fingerprint density at radius 3 is 2.47 bits per heavy atom. The minimum Gasteiger partial charge on any atom is -0.396 e. The van der Waals surface area contributed by atoms with Gasteiger partial charge in [-0.3, -0.25) is 0 Å². The van der Waals surface area contributed by atoms with E-state index in [1.165, 1.54) is 5.56 Å². The lowest BCUT2D eigenvalue weighted by atomic mass is 9.76. The zero-order valence-electron chi connectivity index (χ0n) is 11.6. The minimum atomic E-state index is -0.152. The summed E-state index contributed by atoms with van der Waals surface area (Å²) in [5.74, 6) is 0.641. The molecule has 0 atom stereocenters. The van der Waals surface area contributed by atoms with Gasteiger partial charge in [-0.05, 0) is 43.6 Å². The summed E-state index contributed by atoms with van der Waals surface area (Å²) in [6, 6.07) is 10.7. The Labute approximate surface area is 115 Å². The van der Waals surface area contributed by atoms with Crippen molar-refractivity contribution in [1.29, 1.82) is 0 Å². The van der Waals surface area contributed by atoms with Gasteiger partial charge in [0.1, 0.15) is 0 Å². The summed E-state index contributed by atoms with van der Waals surface area (Å²) in [7, 11) is 0. The second kappa shape index (κ2) is 7.04. The van der Waals surface area contributed by atoms with Crippen molar-refractivity contribution < 1.29 is 9.84 Å². The van der Waals surface area contributed by atoms with Gasteiger partial charge in [0.25, 0.3) is 0 Å². The Hall–Kier alpha value is -0.900. The van der Waals surface area contributed by atoms with Crippen LogP contribution in [0, 0.1) is 0 Å². The molecule has 0 bridgehead atoms. The summed E-state index contributed by atoms with van der Waals surface area (Å²) in [6.45, 7) is 1.39. The van der Waals surface area contributed by atoms with Crippen LogP contribution in [0.2, 0.25) is 0 Å². The molecular formula is C16H25NO2. The molecule has 0 aliphatic heterocycles. The Morgan fingerprint density at radius 2 is 1.89 bits per heavy atom. The predicted octanol–water partition coefficient (Wildman–Crippen LogP) is 2.44. The molecule has 1 aromatic carbocycles. The highest BCUT2D eigenvalue weighted by atomic mass is 16.5. The van der Waals surface area contributed by atoms with Gasteiger partial charge in [-0.15, -0.1) is 0 Å². The highest BCUT2D eigenvalue weighted by Crippen LogP contribution is 2.39. The maximum atomic E-state index is 8.83. The second-order valence-corrected chi connectivity index (χ2v) is 5.50. The van der Waals surface area contributed by atoms with Crippen molar-refractivity contribution >= 4 is 0 Å². The predicted molar refractivity (Wildman–Crippen MR) is 77.1 cm³/mol. The molecule has 2 rings (SSSR count). The van der Waals surface area contributed by atoms with E-state index in [4.69, 9.17) is 15.6 Å². The first kappa shape index (κ1) is 14.5. The highest BCUT2D eigenvalue weighted by Gasteiger charge is 2.35. The quantitative estimate of drug-likeness (QED) is 0.775. The van der Waals surface area contributed by atoms with Crippen molar-refractivity contribution in [3.05, 3.63) is 35.9 Å². The lowest BCUT2D eigenvalue weighted by Gasteiger charge is -2.39. The van der Waals surface area contributed by atoms with E-state index in [1.807, 2.05) is 0 Å². The zero-order chi connectivity index (χ0) is 13.6. The number of benzene rings is 1. The molecule has 19 heavy (non-hydrogen) atoms. The van der Waals surface area contributed by atoms with Gasteiger partial charge in [0, 0.05) is 19.8 Å². The van der Waals surface area contributed by atoms with E-state index in [-0.39, 0.29) is 12.2 Å². The number of hydrogen-bond donors (Lipinski definition) is 2. The molecule has 0 spiro atoms. The molecule has 0 amide bonds. The SMILES string of the molecule is NCC1(OCCCO)CCC(c2ccccc2)CC1. The van der Waals surface area contributed by atoms with Crippen LogP contribution >= 0.6 is 0 Å². The number of nitrogens with two attached hydrogens (primary N) is 1. The highest BCUT2D eigenvalue weighted by molar-refractivity contribution is 5.20. The van der Waals surface area contributed by atoms with Crippen molar-refractivity contribution in [1.82, 2.24) is 0 Å². The van der Waals surface area contributed by atoms with Gasteiger partial charge >= 0.3 is 0 Å². The Balaban J connectivity index is 1.89. The van der Waals surface area contributed by atoms with Gasteiger partial charge in [-0.2, -0.15) is 0 Å². The largest absolute Gasteiger partial charge is 0.396 e. The third-order valence-corrected chi connectivity index (χ3v) is 4.25. The lowest BCUT2D eigenvalue weighted by Crippen LogP contribution is -2.44. The first-order chi connectivity index (χ1) is 9.29. The van der Waals surface area contributed by atoms with Crippen molar-refractivity contribution in [2.45, 2.75) is 43.6 Å². The van der Waals surface area contributed by atoms with Crippen LogP contribution in [0.25, 0.3) is 0 Å². The average molecular weight is 263 g/mol. The topological polar surface area (TPSA) is 55.5 Å². The van der Waals surface area contributed by atoms with Crippen LogP contribution in [-0.2, 0) is 4.74 Å². The fourth-order valence-electron chi connectivity index (χ4n) is 2.96. The normalized spacial score (nSPS) is 27.4. The van der Waals surface area contributed by atoms with Gasteiger partial charge in [-0.25, -0.2) is 0 Å². The van der Waals surface area contributed by atoms with Gasteiger partial charge < -0.3 is 15.6 Å². The zero-order valence-corrected chi connectivity index (χ0v) is 11.6. The molecule has 3 nitrogen and oxygen atoms in total. The van der Waals surface area contributed by atoms with E-state index in [9.17, 15) is 0 Å². The standard InChI is InChI=1S/C16H25NO2/c17-13-16(19-12-4-11-18)9-7-15(8-10-16)14-5-2-1-3-6-14/h1-3,5-6,15,18H,4,7-13,17H2. The lowest BCUT2D eigenvalue weighted by molar-refractivity contribution is -0.0694.